The van der Waals surface area contributed by atoms with Crippen LogP contribution in [0.15, 0.2) is 29.3 Å². The van der Waals surface area contributed by atoms with E-state index in [0.717, 1.165) is 37.8 Å². The summed E-state index contributed by atoms with van der Waals surface area (Å²) in [6, 6.07) is 8.51. The molecule has 0 aliphatic heterocycles. The van der Waals surface area contributed by atoms with Crippen molar-refractivity contribution in [2.45, 2.75) is 37.5 Å². The van der Waals surface area contributed by atoms with E-state index in [4.69, 9.17) is 9.47 Å². The van der Waals surface area contributed by atoms with E-state index in [9.17, 15) is 0 Å². The van der Waals surface area contributed by atoms with E-state index in [0.29, 0.717) is 0 Å². The second-order valence-electron chi connectivity index (χ2n) is 6.42. The lowest BCUT2D eigenvalue weighted by molar-refractivity contribution is 0.195. The van der Waals surface area contributed by atoms with Crippen LogP contribution in [-0.4, -0.2) is 46.9 Å². The Balaban J connectivity index is 2.00. The van der Waals surface area contributed by atoms with Gasteiger partial charge in [0, 0.05) is 39.3 Å². The van der Waals surface area contributed by atoms with Crippen molar-refractivity contribution in [3.8, 4) is 5.75 Å². The largest absolute Gasteiger partial charge is 0.497 e. The summed E-state index contributed by atoms with van der Waals surface area (Å²) in [5.41, 5.74) is 1.53. The van der Waals surface area contributed by atoms with Crippen LogP contribution in [0.2, 0.25) is 0 Å². The highest BCUT2D eigenvalue weighted by molar-refractivity contribution is 5.79. The molecule has 1 aliphatic rings. The molecule has 24 heavy (non-hydrogen) atoms. The SMILES string of the molecule is CN=C(NCCCOC)NCC1(c2cccc(OC)c2)CCCC1. The minimum Gasteiger partial charge on any atom is -0.497 e. The second-order valence-corrected chi connectivity index (χ2v) is 6.42. The molecule has 1 saturated carbocycles. The number of hydrogen-bond acceptors (Lipinski definition) is 3. The zero-order valence-corrected chi connectivity index (χ0v) is 15.2. The first-order valence-electron chi connectivity index (χ1n) is 8.82. The monoisotopic (exact) mass is 333 g/mol. The lowest BCUT2D eigenvalue weighted by atomic mass is 9.78. The van der Waals surface area contributed by atoms with Crippen molar-refractivity contribution >= 4 is 5.96 Å². The quantitative estimate of drug-likeness (QED) is 0.436. The van der Waals surface area contributed by atoms with Crippen molar-refractivity contribution in [3.05, 3.63) is 29.8 Å². The first-order valence-corrected chi connectivity index (χ1v) is 8.82. The summed E-state index contributed by atoms with van der Waals surface area (Å²) < 4.78 is 10.5. The van der Waals surface area contributed by atoms with Gasteiger partial charge in [-0.25, -0.2) is 0 Å². The summed E-state index contributed by atoms with van der Waals surface area (Å²) in [6.45, 7) is 2.52. The van der Waals surface area contributed by atoms with Crippen LogP contribution < -0.4 is 15.4 Å². The normalized spacial score (nSPS) is 16.9. The Morgan fingerprint density at radius 3 is 2.67 bits per heavy atom. The van der Waals surface area contributed by atoms with Crippen LogP contribution in [0.4, 0.5) is 0 Å². The minimum atomic E-state index is 0.165. The van der Waals surface area contributed by atoms with Gasteiger partial charge in [-0.3, -0.25) is 4.99 Å². The molecule has 0 amide bonds. The molecule has 0 atom stereocenters. The smallest absolute Gasteiger partial charge is 0.191 e. The van der Waals surface area contributed by atoms with Gasteiger partial charge in [0.25, 0.3) is 0 Å². The van der Waals surface area contributed by atoms with Crippen LogP contribution in [0.1, 0.15) is 37.7 Å². The number of benzene rings is 1. The summed E-state index contributed by atoms with van der Waals surface area (Å²) in [5, 5.41) is 6.88. The van der Waals surface area contributed by atoms with E-state index in [-0.39, 0.29) is 5.41 Å². The van der Waals surface area contributed by atoms with Crippen molar-refractivity contribution < 1.29 is 9.47 Å². The molecule has 5 nitrogen and oxygen atoms in total. The Labute approximate surface area is 145 Å². The molecule has 1 aromatic carbocycles. The maximum absolute atomic E-state index is 5.41. The average Bonchev–Trinajstić information content (AvgIpc) is 3.11. The zero-order chi connectivity index (χ0) is 17.3. The molecular formula is C19H31N3O2. The number of hydrogen-bond donors (Lipinski definition) is 2. The lowest BCUT2D eigenvalue weighted by Gasteiger charge is -2.31. The first kappa shape index (κ1) is 18.6. The molecule has 134 valence electrons. The van der Waals surface area contributed by atoms with Gasteiger partial charge in [-0.2, -0.15) is 0 Å². The fourth-order valence-corrected chi connectivity index (χ4v) is 3.47. The summed E-state index contributed by atoms with van der Waals surface area (Å²) in [6.07, 6.45) is 5.93. The molecule has 1 aromatic rings. The van der Waals surface area contributed by atoms with E-state index in [1.54, 1.807) is 14.2 Å². The lowest BCUT2D eigenvalue weighted by Crippen LogP contribution is -2.45. The van der Waals surface area contributed by atoms with Crippen molar-refractivity contribution in [1.29, 1.82) is 0 Å². The third-order valence-electron chi connectivity index (χ3n) is 4.88. The van der Waals surface area contributed by atoms with Crippen LogP contribution >= 0.6 is 0 Å². The van der Waals surface area contributed by atoms with Crippen molar-refractivity contribution in [1.82, 2.24) is 10.6 Å². The van der Waals surface area contributed by atoms with E-state index < -0.39 is 0 Å². The van der Waals surface area contributed by atoms with Gasteiger partial charge >= 0.3 is 0 Å². The maximum Gasteiger partial charge on any atom is 0.191 e. The fourth-order valence-electron chi connectivity index (χ4n) is 3.47. The number of nitrogens with one attached hydrogen (secondary N) is 2. The minimum absolute atomic E-state index is 0.165. The molecule has 1 fully saturated rings. The maximum atomic E-state index is 5.41. The molecule has 0 unspecified atom stereocenters. The topological polar surface area (TPSA) is 54.9 Å². The Morgan fingerprint density at radius 1 is 1.21 bits per heavy atom. The van der Waals surface area contributed by atoms with Crippen LogP contribution in [-0.2, 0) is 10.2 Å². The van der Waals surface area contributed by atoms with Crippen LogP contribution in [0.3, 0.4) is 0 Å². The summed E-state index contributed by atoms with van der Waals surface area (Å²) in [7, 11) is 5.27. The number of guanidine groups is 1. The molecule has 1 aliphatic carbocycles. The number of methoxy groups -OCH3 is 2. The second kappa shape index (κ2) is 9.52. The number of nitrogens with zero attached hydrogens (tertiary/aromatic N) is 1. The summed E-state index contributed by atoms with van der Waals surface area (Å²) >= 11 is 0. The van der Waals surface area contributed by atoms with Gasteiger partial charge in [0.05, 0.1) is 7.11 Å². The van der Waals surface area contributed by atoms with E-state index in [1.807, 2.05) is 13.1 Å². The number of aliphatic imine (C=N–C) groups is 1. The van der Waals surface area contributed by atoms with Gasteiger partial charge in [-0.1, -0.05) is 25.0 Å². The summed E-state index contributed by atoms with van der Waals surface area (Å²) in [5.74, 6) is 1.79. The molecule has 0 aromatic heterocycles. The third kappa shape index (κ3) is 4.87. The van der Waals surface area contributed by atoms with Crippen LogP contribution in [0.25, 0.3) is 0 Å². The highest BCUT2D eigenvalue weighted by atomic mass is 16.5. The highest BCUT2D eigenvalue weighted by Crippen LogP contribution is 2.41. The first-order chi connectivity index (χ1) is 11.7. The predicted octanol–water partition coefficient (Wildman–Crippen LogP) is 2.71. The van der Waals surface area contributed by atoms with Gasteiger partial charge in [-0.05, 0) is 37.0 Å². The molecule has 0 heterocycles. The Kier molecular flexibility index (Phi) is 7.37. The number of rotatable bonds is 8. The predicted molar refractivity (Wildman–Crippen MR) is 99.0 cm³/mol. The highest BCUT2D eigenvalue weighted by Gasteiger charge is 2.35. The molecule has 0 saturated heterocycles. The van der Waals surface area contributed by atoms with E-state index in [1.165, 1.54) is 31.2 Å². The standard InChI is InChI=1S/C19H31N3O2/c1-20-18(21-12-7-13-23-2)22-15-19(10-4-5-11-19)16-8-6-9-17(14-16)24-3/h6,8-9,14H,4-5,7,10-13,15H2,1-3H3,(H2,20,21,22). The van der Waals surface area contributed by atoms with Gasteiger partial charge in [0.1, 0.15) is 5.75 Å². The van der Waals surface area contributed by atoms with Gasteiger partial charge in [0.2, 0.25) is 0 Å². The number of ether oxygens (including phenoxy) is 2. The van der Waals surface area contributed by atoms with Crippen LogP contribution in [0.5, 0.6) is 5.75 Å². The zero-order valence-electron chi connectivity index (χ0n) is 15.2. The van der Waals surface area contributed by atoms with Crippen molar-refractivity contribution in [2.75, 3.05) is 41.0 Å². The van der Waals surface area contributed by atoms with Crippen molar-refractivity contribution in [3.63, 3.8) is 0 Å². The van der Waals surface area contributed by atoms with E-state index in [2.05, 4.69) is 33.8 Å². The van der Waals surface area contributed by atoms with Gasteiger partial charge < -0.3 is 20.1 Å². The molecular weight excluding hydrogens is 302 g/mol. The fraction of sp³-hybridized carbons (Fsp3) is 0.632. The van der Waals surface area contributed by atoms with E-state index >= 15 is 0 Å². The molecule has 2 rings (SSSR count). The summed E-state index contributed by atoms with van der Waals surface area (Å²) in [4.78, 5) is 4.33. The molecule has 0 radical (unpaired) electrons. The Hall–Kier alpha value is -1.75. The van der Waals surface area contributed by atoms with Crippen LogP contribution in [0, 0.1) is 0 Å². The molecule has 0 spiro atoms. The molecule has 0 bridgehead atoms. The van der Waals surface area contributed by atoms with Gasteiger partial charge in [0.15, 0.2) is 5.96 Å². The van der Waals surface area contributed by atoms with Gasteiger partial charge in [-0.15, -0.1) is 0 Å². The van der Waals surface area contributed by atoms with Crippen molar-refractivity contribution in [2.24, 2.45) is 4.99 Å². The molecule has 5 heteroatoms. The Morgan fingerprint density at radius 2 is 2.00 bits per heavy atom. The average molecular weight is 333 g/mol. The Bertz CT molecular complexity index is 525. The molecule has 2 N–H and O–H groups in total. The third-order valence-corrected chi connectivity index (χ3v) is 4.88.